The topological polar surface area (TPSA) is 102 Å². The molecule has 186 valence electrons. The SMILES string of the molecule is O=C(OCC(=O)N1CCN(c2ccc([N+](=O)[O-])cc2)CC1)c1cccc(OCc2ccc(F)cc2)c1. The Morgan fingerprint density at radius 1 is 0.944 bits per heavy atom. The maximum absolute atomic E-state index is 13.0. The van der Waals surface area contributed by atoms with Gasteiger partial charge < -0.3 is 19.3 Å². The second-order valence-electron chi connectivity index (χ2n) is 8.16. The molecule has 3 aromatic carbocycles. The minimum atomic E-state index is -0.639. The van der Waals surface area contributed by atoms with Crippen molar-refractivity contribution in [1.29, 1.82) is 0 Å². The number of piperazine rings is 1. The highest BCUT2D eigenvalue weighted by Gasteiger charge is 2.23. The predicted molar refractivity (Wildman–Crippen MR) is 129 cm³/mol. The monoisotopic (exact) mass is 493 g/mol. The zero-order valence-corrected chi connectivity index (χ0v) is 19.3. The van der Waals surface area contributed by atoms with Gasteiger partial charge in [0.1, 0.15) is 18.2 Å². The van der Waals surface area contributed by atoms with E-state index in [4.69, 9.17) is 9.47 Å². The summed E-state index contributed by atoms with van der Waals surface area (Å²) < 4.78 is 23.9. The van der Waals surface area contributed by atoms with E-state index in [2.05, 4.69) is 0 Å². The third kappa shape index (κ3) is 6.35. The number of nitrogens with zero attached hydrogens (tertiary/aromatic N) is 3. The van der Waals surface area contributed by atoms with Gasteiger partial charge >= 0.3 is 5.97 Å². The zero-order chi connectivity index (χ0) is 25.5. The number of amides is 1. The molecule has 0 unspecified atom stereocenters. The molecular formula is C26H24FN3O6. The van der Waals surface area contributed by atoms with E-state index in [1.807, 2.05) is 4.90 Å². The molecule has 3 aromatic rings. The molecule has 36 heavy (non-hydrogen) atoms. The molecule has 0 aliphatic carbocycles. The van der Waals surface area contributed by atoms with Gasteiger partial charge in [-0.3, -0.25) is 14.9 Å². The first kappa shape index (κ1) is 24.6. The van der Waals surface area contributed by atoms with E-state index >= 15 is 0 Å². The maximum Gasteiger partial charge on any atom is 0.338 e. The summed E-state index contributed by atoms with van der Waals surface area (Å²) in [4.78, 5) is 39.0. The number of esters is 1. The first-order valence-electron chi connectivity index (χ1n) is 11.3. The molecule has 1 heterocycles. The van der Waals surface area contributed by atoms with Crippen LogP contribution in [0.3, 0.4) is 0 Å². The molecule has 1 aliphatic heterocycles. The molecule has 0 aromatic heterocycles. The number of hydrogen-bond acceptors (Lipinski definition) is 7. The van der Waals surface area contributed by atoms with Gasteiger partial charge in [-0.05, 0) is 48.0 Å². The highest BCUT2D eigenvalue weighted by Crippen LogP contribution is 2.21. The lowest BCUT2D eigenvalue weighted by Gasteiger charge is -2.36. The minimum absolute atomic E-state index is 0.0272. The number of rotatable bonds is 8. The van der Waals surface area contributed by atoms with Crippen LogP contribution in [0.1, 0.15) is 15.9 Å². The van der Waals surface area contributed by atoms with E-state index in [1.54, 1.807) is 47.4 Å². The minimum Gasteiger partial charge on any atom is -0.489 e. The molecule has 0 bridgehead atoms. The lowest BCUT2D eigenvalue weighted by Crippen LogP contribution is -2.49. The smallest absolute Gasteiger partial charge is 0.338 e. The van der Waals surface area contributed by atoms with Crippen molar-refractivity contribution < 1.29 is 28.4 Å². The van der Waals surface area contributed by atoms with E-state index in [0.717, 1.165) is 11.3 Å². The summed E-state index contributed by atoms with van der Waals surface area (Å²) in [6, 6.07) is 18.6. The number of anilines is 1. The van der Waals surface area contributed by atoms with Gasteiger partial charge in [0, 0.05) is 44.0 Å². The van der Waals surface area contributed by atoms with Crippen molar-refractivity contribution in [3.63, 3.8) is 0 Å². The second-order valence-corrected chi connectivity index (χ2v) is 8.16. The van der Waals surface area contributed by atoms with Crippen LogP contribution in [0.15, 0.2) is 72.8 Å². The Bertz CT molecular complexity index is 1230. The predicted octanol–water partition coefficient (Wildman–Crippen LogP) is 3.82. The fourth-order valence-electron chi connectivity index (χ4n) is 3.76. The number of non-ortho nitro benzene ring substituents is 1. The van der Waals surface area contributed by atoms with Gasteiger partial charge in [0.15, 0.2) is 6.61 Å². The number of nitro benzene ring substituents is 1. The lowest BCUT2D eigenvalue weighted by molar-refractivity contribution is -0.384. The Balaban J connectivity index is 1.23. The van der Waals surface area contributed by atoms with Gasteiger partial charge in [0.25, 0.3) is 11.6 Å². The Morgan fingerprint density at radius 2 is 1.64 bits per heavy atom. The van der Waals surface area contributed by atoms with E-state index in [9.17, 15) is 24.1 Å². The van der Waals surface area contributed by atoms with Crippen LogP contribution in [-0.4, -0.2) is 54.5 Å². The van der Waals surface area contributed by atoms with Gasteiger partial charge in [-0.2, -0.15) is 0 Å². The number of nitro groups is 1. The van der Waals surface area contributed by atoms with Gasteiger partial charge in [-0.25, -0.2) is 9.18 Å². The number of ether oxygens (including phenoxy) is 2. The number of carbonyl (C=O) groups excluding carboxylic acids is 2. The van der Waals surface area contributed by atoms with E-state index in [0.29, 0.717) is 31.9 Å². The molecule has 1 saturated heterocycles. The fraction of sp³-hybridized carbons (Fsp3) is 0.231. The molecule has 1 aliphatic rings. The molecule has 1 amide bonds. The van der Waals surface area contributed by atoms with Crippen LogP contribution < -0.4 is 9.64 Å². The Labute approximate surface area is 206 Å². The summed E-state index contributed by atoms with van der Waals surface area (Å²) in [7, 11) is 0. The molecule has 4 rings (SSSR count). The Hall–Kier alpha value is -4.47. The third-order valence-electron chi connectivity index (χ3n) is 5.77. The van der Waals surface area contributed by atoms with E-state index < -0.39 is 10.9 Å². The molecular weight excluding hydrogens is 469 g/mol. The average Bonchev–Trinajstić information content (AvgIpc) is 2.91. The van der Waals surface area contributed by atoms with Crippen LogP contribution in [0, 0.1) is 15.9 Å². The number of benzene rings is 3. The van der Waals surface area contributed by atoms with Crippen LogP contribution in [0.4, 0.5) is 15.8 Å². The molecule has 0 spiro atoms. The highest BCUT2D eigenvalue weighted by atomic mass is 19.1. The summed E-state index contributed by atoms with van der Waals surface area (Å²) in [6.45, 7) is 1.84. The second kappa shape index (κ2) is 11.3. The van der Waals surface area contributed by atoms with Crippen molar-refractivity contribution >= 4 is 23.3 Å². The average molecular weight is 493 g/mol. The third-order valence-corrected chi connectivity index (χ3v) is 5.77. The standard InChI is InChI=1S/C26H24FN3O6/c27-21-6-4-19(5-7-21)17-35-24-3-1-2-20(16-24)26(32)36-18-25(31)29-14-12-28(13-15-29)22-8-10-23(11-9-22)30(33)34/h1-11,16H,12-15,17-18H2. The van der Waals surface area contributed by atoms with Crippen molar-refractivity contribution in [1.82, 2.24) is 4.90 Å². The lowest BCUT2D eigenvalue weighted by atomic mass is 10.2. The molecule has 0 N–H and O–H groups in total. The molecule has 10 heteroatoms. The van der Waals surface area contributed by atoms with E-state index in [-0.39, 0.29) is 36.2 Å². The highest BCUT2D eigenvalue weighted by molar-refractivity contribution is 5.91. The molecule has 9 nitrogen and oxygen atoms in total. The van der Waals surface area contributed by atoms with Gasteiger partial charge in [-0.1, -0.05) is 18.2 Å². The first-order chi connectivity index (χ1) is 17.4. The molecule has 1 fully saturated rings. The summed E-state index contributed by atoms with van der Waals surface area (Å²) in [5, 5.41) is 10.8. The zero-order valence-electron chi connectivity index (χ0n) is 19.3. The number of carbonyl (C=O) groups is 2. The first-order valence-corrected chi connectivity index (χ1v) is 11.3. The van der Waals surface area contributed by atoms with Crippen molar-refractivity contribution in [3.8, 4) is 5.75 Å². The molecule has 0 saturated carbocycles. The van der Waals surface area contributed by atoms with Crippen molar-refractivity contribution in [2.75, 3.05) is 37.7 Å². The summed E-state index contributed by atoms with van der Waals surface area (Å²) >= 11 is 0. The molecule has 0 atom stereocenters. The van der Waals surface area contributed by atoms with Crippen LogP contribution in [-0.2, 0) is 16.1 Å². The number of halogens is 1. The van der Waals surface area contributed by atoms with Crippen molar-refractivity contribution in [2.45, 2.75) is 6.61 Å². The summed E-state index contributed by atoms with van der Waals surface area (Å²) in [5.41, 5.74) is 1.91. The number of hydrogen-bond donors (Lipinski definition) is 0. The van der Waals surface area contributed by atoms with Crippen molar-refractivity contribution in [3.05, 3.63) is 99.9 Å². The molecule has 0 radical (unpaired) electrons. The Morgan fingerprint density at radius 3 is 2.31 bits per heavy atom. The Kier molecular flexibility index (Phi) is 7.74. The largest absolute Gasteiger partial charge is 0.489 e. The van der Waals surface area contributed by atoms with Crippen LogP contribution in [0.5, 0.6) is 5.75 Å². The normalized spacial score (nSPS) is 13.2. The maximum atomic E-state index is 13.0. The van der Waals surface area contributed by atoms with Gasteiger partial charge in [0.05, 0.1) is 10.5 Å². The van der Waals surface area contributed by atoms with Gasteiger partial charge in [0.2, 0.25) is 0 Å². The van der Waals surface area contributed by atoms with Crippen LogP contribution >= 0.6 is 0 Å². The van der Waals surface area contributed by atoms with Crippen LogP contribution in [0.25, 0.3) is 0 Å². The quantitative estimate of drug-likeness (QED) is 0.267. The fourth-order valence-corrected chi connectivity index (χ4v) is 3.76. The summed E-state index contributed by atoms with van der Waals surface area (Å²) in [5.74, 6) is -0.817. The van der Waals surface area contributed by atoms with Crippen LogP contribution in [0.2, 0.25) is 0 Å². The van der Waals surface area contributed by atoms with Gasteiger partial charge in [-0.15, -0.1) is 0 Å². The summed E-state index contributed by atoms with van der Waals surface area (Å²) in [6.07, 6.45) is 0. The van der Waals surface area contributed by atoms with E-state index in [1.165, 1.54) is 30.3 Å². The van der Waals surface area contributed by atoms with Crippen molar-refractivity contribution in [2.24, 2.45) is 0 Å².